The number of unbranched alkanes of at least 4 members (excludes halogenated alkanes) is 1. The first-order valence-electron chi connectivity index (χ1n) is 9.15. The van der Waals surface area contributed by atoms with Gasteiger partial charge in [-0.05, 0) is 39.7 Å². The molecule has 0 N–H and O–H groups in total. The number of piperazine rings is 1. The molecule has 1 aliphatic carbocycles. The zero-order valence-corrected chi connectivity index (χ0v) is 14.1. The highest BCUT2D eigenvalue weighted by molar-refractivity contribution is 4.81. The van der Waals surface area contributed by atoms with E-state index in [9.17, 15) is 0 Å². The lowest BCUT2D eigenvalue weighted by molar-refractivity contribution is 0.0592. The minimum absolute atomic E-state index is 0.707. The lowest BCUT2D eigenvalue weighted by atomic mass is 9.86. The predicted molar refractivity (Wildman–Crippen MR) is 88.2 cm³/mol. The zero-order chi connectivity index (χ0) is 14.4. The van der Waals surface area contributed by atoms with E-state index < -0.39 is 0 Å². The third-order valence-corrected chi connectivity index (χ3v) is 5.49. The summed E-state index contributed by atoms with van der Waals surface area (Å²) in [5.41, 5.74) is 0. The van der Waals surface area contributed by atoms with Crippen molar-refractivity contribution in [2.24, 2.45) is 5.92 Å². The standard InChI is InChI=1S/C18H36N2/c1-16(2)20-14-13-19(15-17(20)3)12-8-7-11-18-9-5-4-6-10-18/h16-18H,4-15H2,1-3H3/t17-/m1/s1. The van der Waals surface area contributed by atoms with E-state index in [2.05, 4.69) is 30.6 Å². The van der Waals surface area contributed by atoms with Crippen LogP contribution in [-0.4, -0.2) is 48.1 Å². The fraction of sp³-hybridized carbons (Fsp3) is 1.00. The van der Waals surface area contributed by atoms with E-state index in [4.69, 9.17) is 0 Å². The summed E-state index contributed by atoms with van der Waals surface area (Å²) >= 11 is 0. The number of nitrogens with zero attached hydrogens (tertiary/aromatic N) is 2. The average molecular weight is 280 g/mol. The van der Waals surface area contributed by atoms with E-state index >= 15 is 0 Å². The Morgan fingerprint density at radius 3 is 2.40 bits per heavy atom. The molecule has 0 aromatic carbocycles. The molecule has 0 aromatic heterocycles. The summed E-state index contributed by atoms with van der Waals surface area (Å²) in [7, 11) is 0. The molecule has 2 nitrogen and oxygen atoms in total. The molecular weight excluding hydrogens is 244 g/mol. The largest absolute Gasteiger partial charge is 0.301 e. The molecule has 2 aliphatic rings. The fourth-order valence-electron chi connectivity index (χ4n) is 4.26. The maximum absolute atomic E-state index is 2.70. The first-order valence-corrected chi connectivity index (χ1v) is 9.15. The molecule has 2 heteroatoms. The first kappa shape index (κ1) is 16.3. The Morgan fingerprint density at radius 1 is 1.00 bits per heavy atom. The molecule has 20 heavy (non-hydrogen) atoms. The average Bonchev–Trinajstić information content (AvgIpc) is 2.44. The van der Waals surface area contributed by atoms with Gasteiger partial charge in [-0.25, -0.2) is 0 Å². The van der Waals surface area contributed by atoms with Gasteiger partial charge in [-0.3, -0.25) is 4.90 Å². The Kier molecular flexibility index (Phi) is 6.83. The minimum Gasteiger partial charge on any atom is -0.301 e. The Morgan fingerprint density at radius 2 is 1.75 bits per heavy atom. The van der Waals surface area contributed by atoms with E-state index in [0.717, 1.165) is 12.0 Å². The van der Waals surface area contributed by atoms with Crippen molar-refractivity contribution in [3.63, 3.8) is 0 Å². The van der Waals surface area contributed by atoms with Crippen molar-refractivity contribution >= 4 is 0 Å². The summed E-state index contributed by atoms with van der Waals surface area (Å²) in [5, 5.41) is 0. The Hall–Kier alpha value is -0.0800. The number of hydrogen-bond donors (Lipinski definition) is 0. The van der Waals surface area contributed by atoms with E-state index in [1.165, 1.54) is 77.5 Å². The van der Waals surface area contributed by atoms with Crippen molar-refractivity contribution in [1.29, 1.82) is 0 Å². The second-order valence-electron chi connectivity index (χ2n) is 7.48. The van der Waals surface area contributed by atoms with Crippen molar-refractivity contribution in [2.75, 3.05) is 26.2 Å². The van der Waals surface area contributed by atoms with E-state index in [-0.39, 0.29) is 0 Å². The molecule has 1 saturated carbocycles. The van der Waals surface area contributed by atoms with Gasteiger partial charge in [-0.2, -0.15) is 0 Å². The van der Waals surface area contributed by atoms with Gasteiger partial charge in [0.2, 0.25) is 0 Å². The molecule has 2 rings (SSSR count). The smallest absolute Gasteiger partial charge is 0.0198 e. The quantitative estimate of drug-likeness (QED) is 0.674. The van der Waals surface area contributed by atoms with Crippen LogP contribution in [0.4, 0.5) is 0 Å². The fourth-order valence-corrected chi connectivity index (χ4v) is 4.26. The van der Waals surface area contributed by atoms with E-state index in [1.54, 1.807) is 0 Å². The summed E-state index contributed by atoms with van der Waals surface area (Å²) in [6, 6.07) is 1.44. The molecule has 0 aromatic rings. The summed E-state index contributed by atoms with van der Waals surface area (Å²) in [5.74, 6) is 1.07. The molecule has 0 radical (unpaired) electrons. The van der Waals surface area contributed by atoms with Crippen LogP contribution in [0.25, 0.3) is 0 Å². The van der Waals surface area contributed by atoms with Crippen LogP contribution in [0, 0.1) is 5.92 Å². The number of rotatable bonds is 6. The molecule has 1 aliphatic heterocycles. The lowest BCUT2D eigenvalue weighted by Crippen LogP contribution is -2.54. The van der Waals surface area contributed by atoms with Crippen LogP contribution in [0.1, 0.15) is 72.1 Å². The SMILES string of the molecule is CC(C)N1CCN(CCCCC2CCCCC2)C[C@H]1C. The molecular formula is C18H36N2. The molecule has 0 unspecified atom stereocenters. The Balaban J connectivity index is 1.56. The van der Waals surface area contributed by atoms with E-state index in [0.29, 0.717) is 6.04 Å². The van der Waals surface area contributed by atoms with Crippen LogP contribution in [-0.2, 0) is 0 Å². The van der Waals surface area contributed by atoms with Crippen LogP contribution in [0.5, 0.6) is 0 Å². The van der Waals surface area contributed by atoms with Crippen molar-refractivity contribution in [3.8, 4) is 0 Å². The second kappa shape index (κ2) is 8.38. The predicted octanol–water partition coefficient (Wildman–Crippen LogP) is 4.15. The van der Waals surface area contributed by atoms with Gasteiger partial charge in [0, 0.05) is 31.7 Å². The Bertz CT molecular complexity index is 258. The van der Waals surface area contributed by atoms with Crippen LogP contribution < -0.4 is 0 Å². The van der Waals surface area contributed by atoms with Crippen LogP contribution >= 0.6 is 0 Å². The van der Waals surface area contributed by atoms with Gasteiger partial charge in [-0.15, -0.1) is 0 Å². The molecule has 0 amide bonds. The summed E-state index contributed by atoms with van der Waals surface area (Å²) < 4.78 is 0. The van der Waals surface area contributed by atoms with Crippen LogP contribution in [0.15, 0.2) is 0 Å². The van der Waals surface area contributed by atoms with Crippen molar-refractivity contribution in [1.82, 2.24) is 9.80 Å². The van der Waals surface area contributed by atoms with Gasteiger partial charge in [0.15, 0.2) is 0 Å². The highest BCUT2D eigenvalue weighted by Crippen LogP contribution is 2.27. The summed E-state index contributed by atoms with van der Waals surface area (Å²) in [4.78, 5) is 5.35. The van der Waals surface area contributed by atoms with Crippen LogP contribution in [0.3, 0.4) is 0 Å². The van der Waals surface area contributed by atoms with E-state index in [1.807, 2.05) is 0 Å². The molecule has 2 fully saturated rings. The monoisotopic (exact) mass is 280 g/mol. The maximum atomic E-state index is 2.70. The molecule has 0 spiro atoms. The van der Waals surface area contributed by atoms with Gasteiger partial charge < -0.3 is 4.90 Å². The third kappa shape index (κ3) is 5.04. The van der Waals surface area contributed by atoms with Gasteiger partial charge in [0.1, 0.15) is 0 Å². The van der Waals surface area contributed by atoms with Gasteiger partial charge in [0.05, 0.1) is 0 Å². The third-order valence-electron chi connectivity index (χ3n) is 5.49. The Labute approximate surface area is 126 Å². The minimum atomic E-state index is 0.707. The zero-order valence-electron chi connectivity index (χ0n) is 14.1. The molecule has 1 saturated heterocycles. The first-order chi connectivity index (χ1) is 9.66. The van der Waals surface area contributed by atoms with Crippen molar-refractivity contribution in [2.45, 2.75) is 84.2 Å². The molecule has 1 heterocycles. The molecule has 118 valence electrons. The highest BCUT2D eigenvalue weighted by atomic mass is 15.3. The van der Waals surface area contributed by atoms with Gasteiger partial charge in [-0.1, -0.05) is 44.9 Å². The topological polar surface area (TPSA) is 6.48 Å². The van der Waals surface area contributed by atoms with Gasteiger partial charge >= 0.3 is 0 Å². The normalized spacial score (nSPS) is 27.3. The number of hydrogen-bond acceptors (Lipinski definition) is 2. The second-order valence-corrected chi connectivity index (χ2v) is 7.48. The summed E-state index contributed by atoms with van der Waals surface area (Å²) in [6.45, 7) is 12.2. The van der Waals surface area contributed by atoms with Crippen molar-refractivity contribution in [3.05, 3.63) is 0 Å². The van der Waals surface area contributed by atoms with Gasteiger partial charge in [0.25, 0.3) is 0 Å². The van der Waals surface area contributed by atoms with Crippen LogP contribution in [0.2, 0.25) is 0 Å². The highest BCUT2D eigenvalue weighted by Gasteiger charge is 2.24. The lowest BCUT2D eigenvalue weighted by Gasteiger charge is -2.42. The molecule has 1 atom stereocenters. The summed E-state index contributed by atoms with van der Waals surface area (Å²) in [6.07, 6.45) is 11.9. The van der Waals surface area contributed by atoms with Crippen molar-refractivity contribution < 1.29 is 0 Å². The molecule has 0 bridgehead atoms. The maximum Gasteiger partial charge on any atom is 0.0198 e.